The smallest absolute Gasteiger partial charge is 0.0291 e. The number of hydrogen-bond acceptors (Lipinski definition) is 1. The van der Waals surface area contributed by atoms with E-state index in [2.05, 4.69) is 49.5 Å². The second-order valence-corrected chi connectivity index (χ2v) is 5.67. The summed E-state index contributed by atoms with van der Waals surface area (Å²) < 4.78 is 0. The van der Waals surface area contributed by atoms with Crippen molar-refractivity contribution in [2.45, 2.75) is 45.6 Å². The molecule has 1 fully saturated rings. The Hall–Kier alpha value is -0.820. The molecular weight excluding hydrogens is 206 g/mol. The van der Waals surface area contributed by atoms with E-state index >= 15 is 0 Å². The van der Waals surface area contributed by atoms with Gasteiger partial charge in [-0.1, -0.05) is 50.1 Å². The summed E-state index contributed by atoms with van der Waals surface area (Å²) >= 11 is 0. The summed E-state index contributed by atoms with van der Waals surface area (Å²) in [6, 6.07) is 11.2. The Balaban J connectivity index is 1.75. The van der Waals surface area contributed by atoms with Crippen LogP contribution in [0.4, 0.5) is 0 Å². The Morgan fingerprint density at radius 1 is 1.12 bits per heavy atom. The maximum Gasteiger partial charge on any atom is 0.0291 e. The van der Waals surface area contributed by atoms with Crippen molar-refractivity contribution in [3.63, 3.8) is 0 Å². The number of hydrogen-bond donors (Lipinski definition) is 1. The van der Waals surface area contributed by atoms with Crippen LogP contribution in [0.25, 0.3) is 0 Å². The van der Waals surface area contributed by atoms with Crippen molar-refractivity contribution in [3.8, 4) is 0 Å². The van der Waals surface area contributed by atoms with Gasteiger partial charge in [0, 0.05) is 6.04 Å². The van der Waals surface area contributed by atoms with Crippen LogP contribution in [0.5, 0.6) is 0 Å². The van der Waals surface area contributed by atoms with Crippen LogP contribution in [0, 0.1) is 11.8 Å². The van der Waals surface area contributed by atoms with Crippen molar-refractivity contribution >= 4 is 0 Å². The lowest BCUT2D eigenvalue weighted by Crippen LogP contribution is -2.28. The Bertz CT molecular complexity index is 312. The lowest BCUT2D eigenvalue weighted by atomic mass is 9.83. The highest BCUT2D eigenvalue weighted by molar-refractivity contribution is 5.17. The van der Waals surface area contributed by atoms with Gasteiger partial charge in [0.2, 0.25) is 0 Å². The average molecular weight is 231 g/mol. The quantitative estimate of drug-likeness (QED) is 0.820. The van der Waals surface area contributed by atoms with E-state index in [0.717, 1.165) is 11.8 Å². The van der Waals surface area contributed by atoms with E-state index in [4.69, 9.17) is 0 Å². The molecule has 1 aromatic rings. The second-order valence-electron chi connectivity index (χ2n) is 5.67. The number of benzene rings is 1. The Kier molecular flexibility index (Phi) is 4.61. The standard InChI is InChI=1S/C16H25N/c1-13-8-10-15(11-9-13)12-17-14(2)16-6-4-3-5-7-16/h3-7,13-15,17H,8-12H2,1-2H3. The fraction of sp³-hybridized carbons (Fsp3) is 0.625. The Morgan fingerprint density at radius 2 is 1.76 bits per heavy atom. The van der Waals surface area contributed by atoms with Gasteiger partial charge in [0.05, 0.1) is 0 Å². The normalized spacial score (nSPS) is 26.7. The van der Waals surface area contributed by atoms with Crippen molar-refractivity contribution in [2.75, 3.05) is 6.54 Å². The molecule has 1 unspecified atom stereocenters. The van der Waals surface area contributed by atoms with Crippen molar-refractivity contribution < 1.29 is 0 Å². The maximum atomic E-state index is 3.68. The van der Waals surface area contributed by atoms with Crippen LogP contribution >= 0.6 is 0 Å². The van der Waals surface area contributed by atoms with Gasteiger partial charge < -0.3 is 5.32 Å². The third-order valence-corrected chi connectivity index (χ3v) is 4.15. The first-order valence-corrected chi connectivity index (χ1v) is 7.04. The molecule has 0 heterocycles. The van der Waals surface area contributed by atoms with Crippen molar-refractivity contribution in [1.29, 1.82) is 0 Å². The van der Waals surface area contributed by atoms with Crippen LogP contribution in [0.3, 0.4) is 0 Å². The minimum atomic E-state index is 0.482. The molecule has 1 atom stereocenters. The molecule has 0 aromatic heterocycles. The summed E-state index contributed by atoms with van der Waals surface area (Å²) in [6.45, 7) is 5.83. The first-order valence-electron chi connectivity index (χ1n) is 7.04. The summed E-state index contributed by atoms with van der Waals surface area (Å²) in [7, 11) is 0. The van der Waals surface area contributed by atoms with E-state index in [1.165, 1.54) is 37.8 Å². The lowest BCUT2D eigenvalue weighted by Gasteiger charge is -2.27. The van der Waals surface area contributed by atoms with Crippen LogP contribution in [0.2, 0.25) is 0 Å². The van der Waals surface area contributed by atoms with Gasteiger partial charge in [-0.3, -0.25) is 0 Å². The summed E-state index contributed by atoms with van der Waals surface area (Å²) in [4.78, 5) is 0. The van der Waals surface area contributed by atoms with Crippen LogP contribution < -0.4 is 5.32 Å². The zero-order valence-corrected chi connectivity index (χ0v) is 11.2. The van der Waals surface area contributed by atoms with Gasteiger partial charge in [0.15, 0.2) is 0 Å². The summed E-state index contributed by atoms with van der Waals surface area (Å²) in [5.74, 6) is 1.86. The van der Waals surface area contributed by atoms with E-state index < -0.39 is 0 Å². The van der Waals surface area contributed by atoms with Gasteiger partial charge in [-0.2, -0.15) is 0 Å². The van der Waals surface area contributed by atoms with E-state index in [0.29, 0.717) is 6.04 Å². The van der Waals surface area contributed by atoms with Gasteiger partial charge in [-0.25, -0.2) is 0 Å². The Labute approximate surface area is 106 Å². The molecule has 1 aliphatic rings. The molecule has 1 aliphatic carbocycles. The molecule has 94 valence electrons. The summed E-state index contributed by atoms with van der Waals surface area (Å²) in [5.41, 5.74) is 1.40. The topological polar surface area (TPSA) is 12.0 Å². The van der Waals surface area contributed by atoms with Crippen molar-refractivity contribution in [1.82, 2.24) is 5.32 Å². The van der Waals surface area contributed by atoms with Crippen molar-refractivity contribution in [3.05, 3.63) is 35.9 Å². The van der Waals surface area contributed by atoms with Crippen LogP contribution in [0.15, 0.2) is 30.3 Å². The Morgan fingerprint density at radius 3 is 2.41 bits per heavy atom. The highest BCUT2D eigenvalue weighted by Crippen LogP contribution is 2.28. The fourth-order valence-corrected chi connectivity index (χ4v) is 2.74. The summed E-state index contributed by atoms with van der Waals surface area (Å²) in [5, 5.41) is 3.68. The van der Waals surface area contributed by atoms with Gasteiger partial charge >= 0.3 is 0 Å². The molecule has 1 heteroatoms. The van der Waals surface area contributed by atoms with Crippen molar-refractivity contribution in [2.24, 2.45) is 11.8 Å². The highest BCUT2D eigenvalue weighted by Gasteiger charge is 2.18. The third kappa shape index (κ3) is 3.85. The first kappa shape index (κ1) is 12.6. The molecule has 1 N–H and O–H groups in total. The zero-order chi connectivity index (χ0) is 12.1. The molecule has 0 saturated heterocycles. The predicted molar refractivity (Wildman–Crippen MR) is 74.0 cm³/mol. The minimum Gasteiger partial charge on any atom is -0.310 e. The van der Waals surface area contributed by atoms with Gasteiger partial charge in [0.25, 0.3) is 0 Å². The van der Waals surface area contributed by atoms with E-state index in [1.54, 1.807) is 0 Å². The maximum absolute atomic E-state index is 3.68. The highest BCUT2D eigenvalue weighted by atomic mass is 14.9. The molecule has 0 radical (unpaired) electrons. The molecule has 0 bridgehead atoms. The van der Waals surface area contributed by atoms with Crippen LogP contribution in [0.1, 0.15) is 51.1 Å². The van der Waals surface area contributed by atoms with Gasteiger partial charge in [-0.15, -0.1) is 0 Å². The van der Waals surface area contributed by atoms with E-state index in [9.17, 15) is 0 Å². The number of nitrogens with one attached hydrogen (secondary N) is 1. The molecule has 0 spiro atoms. The minimum absolute atomic E-state index is 0.482. The SMILES string of the molecule is CC1CCC(CNC(C)c2ccccc2)CC1. The lowest BCUT2D eigenvalue weighted by molar-refractivity contribution is 0.276. The van der Waals surface area contributed by atoms with Gasteiger partial charge in [0.1, 0.15) is 0 Å². The van der Waals surface area contributed by atoms with Gasteiger partial charge in [-0.05, 0) is 43.7 Å². The van der Waals surface area contributed by atoms with E-state index in [-0.39, 0.29) is 0 Å². The second kappa shape index (κ2) is 6.20. The third-order valence-electron chi connectivity index (χ3n) is 4.15. The molecule has 2 rings (SSSR count). The zero-order valence-electron chi connectivity index (χ0n) is 11.2. The molecule has 0 aliphatic heterocycles. The van der Waals surface area contributed by atoms with Crippen LogP contribution in [-0.4, -0.2) is 6.54 Å². The molecule has 1 nitrogen and oxygen atoms in total. The molecule has 1 aromatic carbocycles. The number of rotatable bonds is 4. The molecule has 1 saturated carbocycles. The predicted octanol–water partition coefficient (Wildman–Crippen LogP) is 4.16. The van der Waals surface area contributed by atoms with Crippen LogP contribution in [-0.2, 0) is 0 Å². The largest absolute Gasteiger partial charge is 0.310 e. The summed E-state index contributed by atoms with van der Waals surface area (Å²) in [6.07, 6.45) is 5.67. The molecule has 17 heavy (non-hydrogen) atoms. The first-order chi connectivity index (χ1) is 8.25. The molecular formula is C16H25N. The fourth-order valence-electron chi connectivity index (χ4n) is 2.74. The monoisotopic (exact) mass is 231 g/mol. The van der Waals surface area contributed by atoms with E-state index in [1.807, 2.05) is 0 Å². The molecule has 0 amide bonds. The average Bonchev–Trinajstić information content (AvgIpc) is 2.39.